The molecule has 0 bridgehead atoms. The van der Waals surface area contributed by atoms with Crippen molar-refractivity contribution in [3.05, 3.63) is 34.1 Å². The Morgan fingerprint density at radius 3 is 2.76 bits per heavy atom. The van der Waals surface area contributed by atoms with Gasteiger partial charge in [0, 0.05) is 16.4 Å². The van der Waals surface area contributed by atoms with Gasteiger partial charge in [-0.15, -0.1) is 0 Å². The highest BCUT2D eigenvalue weighted by Crippen LogP contribution is 2.44. The predicted molar refractivity (Wildman–Crippen MR) is 65.2 cm³/mol. The Morgan fingerprint density at radius 2 is 2.24 bits per heavy atom. The van der Waals surface area contributed by atoms with E-state index >= 15 is 0 Å². The van der Waals surface area contributed by atoms with Crippen LogP contribution in [0.5, 0.6) is 0 Å². The molecule has 0 aromatic heterocycles. The van der Waals surface area contributed by atoms with Gasteiger partial charge in [0.05, 0.1) is 12.2 Å². The van der Waals surface area contributed by atoms with E-state index < -0.39 is 11.7 Å². The summed E-state index contributed by atoms with van der Waals surface area (Å²) in [4.78, 5) is 11.7. The van der Waals surface area contributed by atoms with Crippen molar-refractivity contribution < 1.29 is 14.3 Å². The smallest absolute Gasteiger partial charge is 0.254 e. The Labute approximate surface area is 107 Å². The van der Waals surface area contributed by atoms with Crippen molar-refractivity contribution in [1.29, 1.82) is 0 Å². The van der Waals surface area contributed by atoms with E-state index in [4.69, 9.17) is 5.11 Å². The molecule has 0 saturated heterocycles. The van der Waals surface area contributed by atoms with Crippen LogP contribution in [-0.2, 0) is 0 Å². The third-order valence-electron chi connectivity index (χ3n) is 3.09. The Balaban J connectivity index is 2.00. The third-order valence-corrected chi connectivity index (χ3v) is 3.59. The molecular formula is C12H13BrFNO2. The number of rotatable bonds is 4. The Morgan fingerprint density at radius 1 is 1.53 bits per heavy atom. The molecule has 1 aromatic rings. The summed E-state index contributed by atoms with van der Waals surface area (Å²) in [5.41, 5.74) is -0.136. The summed E-state index contributed by atoms with van der Waals surface area (Å²) in [6.07, 6.45) is 1.82. The standard InChI is InChI=1S/C12H13BrFNO2/c13-8-1-2-9(10(14)5-8)11(17)15-6-12(7-16)3-4-12/h1-2,5,16H,3-4,6-7H2,(H,15,17). The summed E-state index contributed by atoms with van der Waals surface area (Å²) in [6, 6.07) is 4.32. The molecule has 1 saturated carbocycles. The van der Waals surface area contributed by atoms with Crippen LogP contribution >= 0.6 is 15.9 Å². The molecule has 0 unspecified atom stereocenters. The van der Waals surface area contributed by atoms with E-state index in [1.807, 2.05) is 0 Å². The minimum Gasteiger partial charge on any atom is -0.396 e. The predicted octanol–water partition coefficient (Wildman–Crippen LogP) is 2.09. The van der Waals surface area contributed by atoms with Crippen LogP contribution < -0.4 is 5.32 Å². The molecule has 0 aliphatic heterocycles. The van der Waals surface area contributed by atoms with Crippen LogP contribution in [0.25, 0.3) is 0 Å². The summed E-state index contributed by atoms with van der Waals surface area (Å²) < 4.78 is 14.1. The second-order valence-electron chi connectivity index (χ2n) is 4.46. The summed E-state index contributed by atoms with van der Waals surface area (Å²) in [5, 5.41) is 11.8. The van der Waals surface area contributed by atoms with Crippen LogP contribution in [-0.4, -0.2) is 24.2 Å². The first-order valence-electron chi connectivity index (χ1n) is 5.40. The van der Waals surface area contributed by atoms with Crippen LogP contribution in [0.4, 0.5) is 4.39 Å². The Bertz CT molecular complexity index is 446. The van der Waals surface area contributed by atoms with Crippen molar-refractivity contribution in [2.75, 3.05) is 13.2 Å². The second kappa shape index (κ2) is 4.74. The molecule has 0 spiro atoms. The number of hydrogen-bond donors (Lipinski definition) is 2. The number of nitrogens with one attached hydrogen (secondary N) is 1. The maximum absolute atomic E-state index is 13.5. The van der Waals surface area contributed by atoms with Gasteiger partial charge < -0.3 is 10.4 Å². The van der Waals surface area contributed by atoms with Crippen molar-refractivity contribution in [2.45, 2.75) is 12.8 Å². The molecule has 0 atom stereocenters. The Hall–Kier alpha value is -0.940. The van der Waals surface area contributed by atoms with Crippen molar-refractivity contribution in [2.24, 2.45) is 5.41 Å². The molecule has 0 radical (unpaired) electrons. The first-order valence-corrected chi connectivity index (χ1v) is 6.20. The molecule has 17 heavy (non-hydrogen) atoms. The lowest BCUT2D eigenvalue weighted by Crippen LogP contribution is -2.32. The van der Waals surface area contributed by atoms with Gasteiger partial charge in [0.25, 0.3) is 5.91 Å². The van der Waals surface area contributed by atoms with Crippen LogP contribution in [0, 0.1) is 11.2 Å². The van der Waals surface area contributed by atoms with Crippen molar-refractivity contribution >= 4 is 21.8 Å². The molecule has 2 rings (SSSR count). The van der Waals surface area contributed by atoms with Crippen LogP contribution in [0.3, 0.4) is 0 Å². The molecule has 3 nitrogen and oxygen atoms in total. The van der Waals surface area contributed by atoms with E-state index in [1.54, 1.807) is 6.07 Å². The van der Waals surface area contributed by atoms with E-state index in [0.29, 0.717) is 11.0 Å². The number of carbonyl (C=O) groups excluding carboxylic acids is 1. The number of hydrogen-bond acceptors (Lipinski definition) is 2. The first kappa shape index (κ1) is 12.5. The molecule has 1 fully saturated rings. The molecule has 2 N–H and O–H groups in total. The number of aliphatic hydroxyl groups excluding tert-OH is 1. The monoisotopic (exact) mass is 301 g/mol. The maximum Gasteiger partial charge on any atom is 0.254 e. The van der Waals surface area contributed by atoms with Gasteiger partial charge in [0.15, 0.2) is 0 Å². The Kier molecular flexibility index (Phi) is 3.49. The number of amides is 1. The van der Waals surface area contributed by atoms with Gasteiger partial charge >= 0.3 is 0 Å². The molecule has 0 heterocycles. The first-order chi connectivity index (χ1) is 8.06. The van der Waals surface area contributed by atoms with Gasteiger partial charge in [-0.05, 0) is 31.0 Å². The van der Waals surface area contributed by atoms with Crippen LogP contribution in [0.1, 0.15) is 23.2 Å². The molecule has 1 amide bonds. The fourth-order valence-electron chi connectivity index (χ4n) is 1.60. The van der Waals surface area contributed by atoms with Crippen molar-refractivity contribution in [1.82, 2.24) is 5.32 Å². The zero-order valence-electron chi connectivity index (χ0n) is 9.17. The highest BCUT2D eigenvalue weighted by molar-refractivity contribution is 9.10. The van der Waals surface area contributed by atoms with Gasteiger partial charge in [-0.2, -0.15) is 0 Å². The fourth-order valence-corrected chi connectivity index (χ4v) is 1.94. The number of halogens is 2. The zero-order valence-corrected chi connectivity index (χ0v) is 10.8. The van der Waals surface area contributed by atoms with Crippen LogP contribution in [0.15, 0.2) is 22.7 Å². The van der Waals surface area contributed by atoms with Gasteiger partial charge in [-0.3, -0.25) is 4.79 Å². The van der Waals surface area contributed by atoms with Gasteiger partial charge in [0.1, 0.15) is 5.82 Å². The maximum atomic E-state index is 13.5. The average Bonchev–Trinajstić information content (AvgIpc) is 3.07. The average molecular weight is 302 g/mol. The summed E-state index contributed by atoms with van der Waals surface area (Å²) >= 11 is 3.13. The minimum absolute atomic E-state index is 0.0296. The number of aliphatic hydroxyl groups is 1. The SMILES string of the molecule is O=C(NCC1(CO)CC1)c1ccc(Br)cc1F. The quantitative estimate of drug-likeness (QED) is 0.895. The number of carbonyl (C=O) groups is 1. The lowest BCUT2D eigenvalue weighted by atomic mass is 10.1. The van der Waals surface area contributed by atoms with Gasteiger partial charge in [-0.25, -0.2) is 4.39 Å². The highest BCUT2D eigenvalue weighted by Gasteiger charge is 2.42. The van der Waals surface area contributed by atoms with Crippen molar-refractivity contribution in [3.63, 3.8) is 0 Å². The fraction of sp³-hybridized carbons (Fsp3) is 0.417. The summed E-state index contributed by atoms with van der Waals surface area (Å²) in [6.45, 7) is 0.466. The highest BCUT2D eigenvalue weighted by atomic mass is 79.9. The van der Waals surface area contributed by atoms with E-state index in [-0.39, 0.29) is 17.6 Å². The normalized spacial score (nSPS) is 16.6. The third kappa shape index (κ3) is 2.84. The van der Waals surface area contributed by atoms with E-state index in [0.717, 1.165) is 12.8 Å². The van der Waals surface area contributed by atoms with E-state index in [1.165, 1.54) is 12.1 Å². The lowest BCUT2D eigenvalue weighted by Gasteiger charge is -2.13. The molecule has 1 aliphatic rings. The largest absolute Gasteiger partial charge is 0.396 e. The summed E-state index contributed by atoms with van der Waals surface area (Å²) in [5.74, 6) is -0.986. The molecule has 1 aromatic carbocycles. The second-order valence-corrected chi connectivity index (χ2v) is 5.38. The minimum atomic E-state index is -0.550. The number of benzene rings is 1. The summed E-state index contributed by atoms with van der Waals surface area (Å²) in [7, 11) is 0. The zero-order chi connectivity index (χ0) is 12.5. The van der Waals surface area contributed by atoms with Crippen LogP contribution in [0.2, 0.25) is 0 Å². The van der Waals surface area contributed by atoms with Gasteiger partial charge in [-0.1, -0.05) is 15.9 Å². The van der Waals surface area contributed by atoms with Gasteiger partial charge in [0.2, 0.25) is 0 Å². The molecule has 92 valence electrons. The molecule has 5 heteroatoms. The van der Waals surface area contributed by atoms with E-state index in [2.05, 4.69) is 21.2 Å². The molecular weight excluding hydrogens is 289 g/mol. The van der Waals surface area contributed by atoms with E-state index in [9.17, 15) is 9.18 Å². The lowest BCUT2D eigenvalue weighted by molar-refractivity contribution is 0.0931. The van der Waals surface area contributed by atoms with Crippen molar-refractivity contribution in [3.8, 4) is 0 Å². The molecule has 1 aliphatic carbocycles. The topological polar surface area (TPSA) is 49.3 Å².